The Bertz CT molecular complexity index is 368. The molecule has 1 unspecified atom stereocenters. The van der Waals surface area contributed by atoms with Crippen molar-refractivity contribution >= 4 is 15.9 Å². The maximum atomic E-state index is 13.7. The molecule has 2 N–H and O–H groups in total. The van der Waals surface area contributed by atoms with Crippen molar-refractivity contribution in [2.45, 2.75) is 12.8 Å². The fourth-order valence-electron chi connectivity index (χ4n) is 1.36. The van der Waals surface area contributed by atoms with E-state index in [-0.39, 0.29) is 28.1 Å². The molecule has 0 aromatic heterocycles. The third kappa shape index (κ3) is 2.23. The average Bonchev–Trinajstić information content (AvgIpc) is 2.21. The zero-order valence-corrected chi connectivity index (χ0v) is 10.0. The minimum Gasteiger partial charge on any atom is -0.504 e. The Hall–Kier alpha value is -0.810. The number of rotatable bonds is 3. The first-order chi connectivity index (χ1) is 7.02. The maximum absolute atomic E-state index is 13.7. The number of hydrogen-bond donors (Lipinski definition) is 2. The molecule has 0 radical (unpaired) electrons. The first-order valence-corrected chi connectivity index (χ1v) is 5.17. The zero-order valence-electron chi connectivity index (χ0n) is 8.42. The van der Waals surface area contributed by atoms with Gasteiger partial charge < -0.3 is 14.9 Å². The summed E-state index contributed by atoms with van der Waals surface area (Å²) in [5.41, 5.74) is 0.173. The number of methoxy groups -OCH3 is 1. The Morgan fingerprint density at radius 1 is 1.60 bits per heavy atom. The zero-order chi connectivity index (χ0) is 11.6. The van der Waals surface area contributed by atoms with Crippen LogP contribution in [0.2, 0.25) is 0 Å². The molecule has 1 aromatic rings. The first-order valence-electron chi connectivity index (χ1n) is 4.38. The van der Waals surface area contributed by atoms with Gasteiger partial charge in [-0.2, -0.15) is 0 Å². The average molecular weight is 279 g/mol. The molecule has 0 aliphatic rings. The van der Waals surface area contributed by atoms with Crippen LogP contribution in [0.5, 0.6) is 11.5 Å². The van der Waals surface area contributed by atoms with Crippen molar-refractivity contribution in [3.05, 3.63) is 21.9 Å². The molecule has 0 spiro atoms. The topological polar surface area (TPSA) is 49.7 Å². The number of halogens is 2. The summed E-state index contributed by atoms with van der Waals surface area (Å²) in [4.78, 5) is 0. The second-order valence-corrected chi connectivity index (χ2v) is 4.08. The molecule has 0 bridgehead atoms. The number of aromatic hydroxyl groups is 1. The number of benzene rings is 1. The van der Waals surface area contributed by atoms with Crippen LogP contribution in [0.4, 0.5) is 4.39 Å². The van der Waals surface area contributed by atoms with E-state index < -0.39 is 11.7 Å². The summed E-state index contributed by atoms with van der Waals surface area (Å²) in [6.45, 7) is 1.43. The normalized spacial score (nSPS) is 12.6. The summed E-state index contributed by atoms with van der Waals surface area (Å²) in [5, 5.41) is 18.5. The smallest absolute Gasteiger partial charge is 0.167 e. The van der Waals surface area contributed by atoms with Gasteiger partial charge >= 0.3 is 0 Å². The summed E-state index contributed by atoms with van der Waals surface area (Å²) < 4.78 is 18.8. The predicted molar refractivity (Wildman–Crippen MR) is 57.8 cm³/mol. The van der Waals surface area contributed by atoms with Crippen LogP contribution < -0.4 is 4.74 Å². The van der Waals surface area contributed by atoms with E-state index in [0.717, 1.165) is 0 Å². The van der Waals surface area contributed by atoms with Gasteiger partial charge in [0.15, 0.2) is 11.5 Å². The summed E-state index contributed by atoms with van der Waals surface area (Å²) in [7, 11) is 1.34. The van der Waals surface area contributed by atoms with E-state index in [0.29, 0.717) is 0 Å². The van der Waals surface area contributed by atoms with E-state index in [1.807, 2.05) is 0 Å². The molecular formula is C10H12BrFO3. The van der Waals surface area contributed by atoms with Gasteiger partial charge in [-0.15, -0.1) is 0 Å². The third-order valence-electron chi connectivity index (χ3n) is 2.16. The molecule has 0 aliphatic carbocycles. The molecular weight excluding hydrogens is 267 g/mol. The molecule has 3 nitrogen and oxygen atoms in total. The number of phenols is 1. The molecule has 0 amide bonds. The lowest BCUT2D eigenvalue weighted by molar-refractivity contribution is 0.265. The Kier molecular flexibility index (Phi) is 3.93. The number of aliphatic hydroxyl groups is 1. The summed E-state index contributed by atoms with van der Waals surface area (Å²) in [6, 6.07) is 1.22. The Labute approximate surface area is 95.6 Å². The second kappa shape index (κ2) is 4.81. The van der Waals surface area contributed by atoms with Crippen LogP contribution in [0, 0.1) is 5.82 Å². The highest BCUT2D eigenvalue weighted by Gasteiger charge is 2.22. The van der Waals surface area contributed by atoms with Gasteiger partial charge in [0.05, 0.1) is 11.6 Å². The summed E-state index contributed by atoms with van der Waals surface area (Å²) >= 11 is 2.99. The molecule has 5 heteroatoms. The Morgan fingerprint density at radius 2 is 2.20 bits per heavy atom. The molecule has 84 valence electrons. The summed E-state index contributed by atoms with van der Waals surface area (Å²) in [6.07, 6.45) is 0. The van der Waals surface area contributed by atoms with Crippen molar-refractivity contribution in [1.82, 2.24) is 0 Å². The van der Waals surface area contributed by atoms with Gasteiger partial charge in [0, 0.05) is 24.2 Å². The minimum atomic E-state index is -0.522. The van der Waals surface area contributed by atoms with Gasteiger partial charge in [0.25, 0.3) is 0 Å². The molecule has 0 heterocycles. The van der Waals surface area contributed by atoms with Crippen LogP contribution in [0.1, 0.15) is 18.4 Å². The van der Waals surface area contributed by atoms with Crippen molar-refractivity contribution in [2.75, 3.05) is 13.7 Å². The van der Waals surface area contributed by atoms with E-state index in [1.165, 1.54) is 13.2 Å². The largest absolute Gasteiger partial charge is 0.504 e. The fourth-order valence-corrected chi connectivity index (χ4v) is 1.79. The Morgan fingerprint density at radius 3 is 2.67 bits per heavy atom. The van der Waals surface area contributed by atoms with Crippen molar-refractivity contribution in [3.8, 4) is 11.5 Å². The maximum Gasteiger partial charge on any atom is 0.167 e. The van der Waals surface area contributed by atoms with Gasteiger partial charge in [-0.05, 0) is 15.9 Å². The minimum absolute atomic E-state index is 0.0669. The molecule has 15 heavy (non-hydrogen) atoms. The standard InChI is InChI=1S/C10H12BrFO3/c1-5(4-13)8-9(12)6(11)3-7(14)10(8)15-2/h3,5,13-14H,4H2,1-2H3. The monoisotopic (exact) mass is 278 g/mol. The lowest BCUT2D eigenvalue weighted by Gasteiger charge is -2.16. The van der Waals surface area contributed by atoms with E-state index in [2.05, 4.69) is 15.9 Å². The fraction of sp³-hybridized carbons (Fsp3) is 0.400. The molecule has 1 atom stereocenters. The molecule has 1 aromatic carbocycles. The van der Waals surface area contributed by atoms with Crippen molar-refractivity contribution < 1.29 is 19.3 Å². The van der Waals surface area contributed by atoms with E-state index in [9.17, 15) is 9.50 Å². The Balaban J connectivity index is 3.43. The van der Waals surface area contributed by atoms with Crippen LogP contribution in [0.15, 0.2) is 10.5 Å². The quantitative estimate of drug-likeness (QED) is 0.893. The number of aliphatic hydroxyl groups excluding tert-OH is 1. The van der Waals surface area contributed by atoms with Crippen LogP contribution >= 0.6 is 15.9 Å². The van der Waals surface area contributed by atoms with Gasteiger partial charge in [-0.1, -0.05) is 6.92 Å². The second-order valence-electron chi connectivity index (χ2n) is 3.22. The van der Waals surface area contributed by atoms with E-state index in [1.54, 1.807) is 6.92 Å². The molecule has 0 saturated carbocycles. The molecule has 0 fully saturated rings. The number of ether oxygens (including phenoxy) is 1. The lowest BCUT2D eigenvalue weighted by atomic mass is 10.00. The van der Waals surface area contributed by atoms with Crippen LogP contribution in [0.25, 0.3) is 0 Å². The van der Waals surface area contributed by atoms with E-state index >= 15 is 0 Å². The SMILES string of the molecule is COc1c(O)cc(Br)c(F)c1C(C)CO. The van der Waals surface area contributed by atoms with Gasteiger partial charge in [0.1, 0.15) is 5.82 Å². The highest BCUT2D eigenvalue weighted by molar-refractivity contribution is 9.10. The highest BCUT2D eigenvalue weighted by atomic mass is 79.9. The van der Waals surface area contributed by atoms with Crippen LogP contribution in [-0.2, 0) is 0 Å². The van der Waals surface area contributed by atoms with E-state index in [4.69, 9.17) is 9.84 Å². The van der Waals surface area contributed by atoms with Crippen LogP contribution in [0.3, 0.4) is 0 Å². The van der Waals surface area contributed by atoms with Crippen molar-refractivity contribution in [1.29, 1.82) is 0 Å². The van der Waals surface area contributed by atoms with Gasteiger partial charge in [0.2, 0.25) is 0 Å². The van der Waals surface area contributed by atoms with Gasteiger partial charge in [-0.3, -0.25) is 0 Å². The number of hydrogen-bond acceptors (Lipinski definition) is 3. The van der Waals surface area contributed by atoms with Crippen molar-refractivity contribution in [3.63, 3.8) is 0 Å². The number of phenolic OH excluding ortho intramolecular Hbond substituents is 1. The molecule has 0 aliphatic heterocycles. The lowest BCUT2D eigenvalue weighted by Crippen LogP contribution is -2.05. The van der Waals surface area contributed by atoms with Crippen molar-refractivity contribution in [2.24, 2.45) is 0 Å². The summed E-state index contributed by atoms with van der Waals surface area (Å²) in [5.74, 6) is -1.05. The highest BCUT2D eigenvalue weighted by Crippen LogP contribution is 2.40. The third-order valence-corrected chi connectivity index (χ3v) is 2.73. The predicted octanol–water partition coefficient (Wildman–Crippen LogP) is 2.40. The molecule has 0 saturated heterocycles. The molecule has 1 rings (SSSR count). The van der Waals surface area contributed by atoms with Gasteiger partial charge in [-0.25, -0.2) is 4.39 Å². The first kappa shape index (κ1) is 12.3. The van der Waals surface area contributed by atoms with Crippen LogP contribution in [-0.4, -0.2) is 23.9 Å².